The highest BCUT2D eigenvalue weighted by atomic mass is 16.2. The number of anilines is 3. The van der Waals surface area contributed by atoms with E-state index in [9.17, 15) is 4.79 Å². The quantitative estimate of drug-likeness (QED) is 0.721. The predicted molar refractivity (Wildman–Crippen MR) is 110 cm³/mol. The van der Waals surface area contributed by atoms with Crippen LogP contribution in [0, 0.1) is 0 Å². The van der Waals surface area contributed by atoms with Crippen LogP contribution in [0.3, 0.4) is 0 Å². The lowest BCUT2D eigenvalue weighted by Crippen LogP contribution is -2.58. The van der Waals surface area contributed by atoms with Gasteiger partial charge in [-0.3, -0.25) is 4.79 Å². The van der Waals surface area contributed by atoms with Crippen LogP contribution in [0.15, 0.2) is 66.7 Å². The van der Waals surface area contributed by atoms with Crippen LogP contribution in [0.25, 0.3) is 11.3 Å². The van der Waals surface area contributed by atoms with E-state index in [2.05, 4.69) is 25.7 Å². The van der Waals surface area contributed by atoms with Crippen molar-refractivity contribution in [3.63, 3.8) is 0 Å². The van der Waals surface area contributed by atoms with Gasteiger partial charge in [0.25, 0.3) is 0 Å². The Labute approximate surface area is 163 Å². The molecule has 1 amide bonds. The normalized spacial score (nSPS) is 17.6. The van der Waals surface area contributed by atoms with Gasteiger partial charge in [0.15, 0.2) is 5.82 Å². The van der Waals surface area contributed by atoms with Gasteiger partial charge < -0.3 is 15.5 Å². The van der Waals surface area contributed by atoms with E-state index in [0.717, 1.165) is 54.4 Å². The van der Waals surface area contributed by atoms with Gasteiger partial charge in [-0.15, -0.1) is 10.2 Å². The molecule has 140 valence electrons. The van der Waals surface area contributed by atoms with Crippen LogP contribution in [0.2, 0.25) is 0 Å². The molecular weight excluding hydrogens is 350 g/mol. The highest BCUT2D eigenvalue weighted by Gasteiger charge is 2.44. The third kappa shape index (κ3) is 2.87. The maximum Gasteiger partial charge on any atom is 0.250 e. The van der Waals surface area contributed by atoms with Gasteiger partial charge in [-0.05, 0) is 37.1 Å². The number of aromatic nitrogens is 2. The Hall–Kier alpha value is -3.41. The van der Waals surface area contributed by atoms with E-state index in [-0.39, 0.29) is 5.91 Å². The van der Waals surface area contributed by atoms with Gasteiger partial charge in [0.05, 0.1) is 17.1 Å². The van der Waals surface area contributed by atoms with Crippen molar-refractivity contribution in [3.05, 3.63) is 66.7 Å². The average molecular weight is 371 g/mol. The number of nitrogens with zero attached hydrogens (tertiary/aromatic N) is 3. The zero-order chi connectivity index (χ0) is 19.0. The van der Waals surface area contributed by atoms with Crippen LogP contribution in [-0.2, 0) is 4.79 Å². The minimum absolute atomic E-state index is 0.0522. The number of nitrogens with one attached hydrogen (secondary N) is 2. The van der Waals surface area contributed by atoms with Crippen LogP contribution in [-0.4, -0.2) is 34.7 Å². The zero-order valence-electron chi connectivity index (χ0n) is 15.4. The highest BCUT2D eigenvalue weighted by Crippen LogP contribution is 2.36. The van der Waals surface area contributed by atoms with Crippen LogP contribution in [0.4, 0.5) is 17.2 Å². The summed E-state index contributed by atoms with van der Waals surface area (Å²) in [5.41, 5.74) is 3.21. The van der Waals surface area contributed by atoms with Crippen molar-refractivity contribution in [2.75, 3.05) is 28.6 Å². The summed E-state index contributed by atoms with van der Waals surface area (Å²) in [6, 6.07) is 21.9. The van der Waals surface area contributed by atoms with Crippen molar-refractivity contribution in [1.82, 2.24) is 10.2 Å². The molecule has 6 heteroatoms. The lowest BCUT2D eigenvalue weighted by Gasteiger charge is -2.44. The van der Waals surface area contributed by atoms with E-state index in [1.807, 2.05) is 66.7 Å². The number of para-hydroxylation sites is 2. The third-order valence-corrected chi connectivity index (χ3v) is 5.64. The summed E-state index contributed by atoms with van der Waals surface area (Å²) in [4.78, 5) is 15.0. The largest absolute Gasteiger partial charge is 0.369 e. The molecule has 1 saturated heterocycles. The van der Waals surface area contributed by atoms with Crippen molar-refractivity contribution in [3.8, 4) is 11.3 Å². The van der Waals surface area contributed by atoms with Crippen LogP contribution < -0.4 is 15.5 Å². The molecule has 0 atom stereocenters. The fourth-order valence-corrected chi connectivity index (χ4v) is 3.98. The summed E-state index contributed by atoms with van der Waals surface area (Å²) in [5.74, 6) is 0.905. The molecule has 2 aliphatic heterocycles. The molecule has 28 heavy (non-hydrogen) atoms. The minimum Gasteiger partial charge on any atom is -0.369 e. The van der Waals surface area contributed by atoms with Gasteiger partial charge in [-0.2, -0.15) is 0 Å². The second kappa shape index (κ2) is 6.64. The van der Waals surface area contributed by atoms with E-state index in [1.54, 1.807) is 0 Å². The molecule has 0 bridgehead atoms. The second-order valence-electron chi connectivity index (χ2n) is 7.34. The molecule has 1 aromatic heterocycles. The summed E-state index contributed by atoms with van der Waals surface area (Å²) >= 11 is 0. The first-order valence-corrected chi connectivity index (χ1v) is 9.56. The number of carbonyl (C=O) groups is 1. The molecule has 3 heterocycles. The summed E-state index contributed by atoms with van der Waals surface area (Å²) in [6.45, 7) is 1.50. The van der Waals surface area contributed by atoms with E-state index >= 15 is 0 Å². The number of carbonyl (C=O) groups excluding carboxylic acids is 1. The summed E-state index contributed by atoms with van der Waals surface area (Å²) in [5, 5.41) is 15.4. The average Bonchev–Trinajstić information content (AvgIpc) is 2.76. The Morgan fingerprint density at radius 3 is 2.25 bits per heavy atom. The third-order valence-electron chi connectivity index (χ3n) is 5.64. The van der Waals surface area contributed by atoms with Crippen molar-refractivity contribution in [2.24, 2.45) is 0 Å². The highest BCUT2D eigenvalue weighted by molar-refractivity contribution is 6.06. The lowest BCUT2D eigenvalue weighted by atomic mass is 9.84. The summed E-state index contributed by atoms with van der Waals surface area (Å²) in [7, 11) is 0. The van der Waals surface area contributed by atoms with E-state index in [4.69, 9.17) is 0 Å². The van der Waals surface area contributed by atoms with Crippen molar-refractivity contribution >= 4 is 23.1 Å². The van der Waals surface area contributed by atoms with Crippen molar-refractivity contribution in [1.29, 1.82) is 0 Å². The van der Waals surface area contributed by atoms with Gasteiger partial charge in [0.2, 0.25) is 5.91 Å². The molecule has 0 aliphatic carbocycles. The number of hydrogen-bond donors (Lipinski definition) is 2. The number of benzene rings is 2. The van der Waals surface area contributed by atoms with Gasteiger partial charge in [-0.25, -0.2) is 0 Å². The summed E-state index contributed by atoms with van der Waals surface area (Å²) in [6.07, 6.45) is 1.44. The fourth-order valence-electron chi connectivity index (χ4n) is 3.98. The molecule has 5 rings (SSSR count). The fraction of sp³-hybridized carbons (Fsp3) is 0.227. The zero-order valence-corrected chi connectivity index (χ0v) is 15.4. The van der Waals surface area contributed by atoms with Crippen molar-refractivity contribution in [2.45, 2.75) is 18.4 Å². The number of amides is 1. The predicted octanol–water partition coefficient (Wildman–Crippen LogP) is 3.55. The topological polar surface area (TPSA) is 70.2 Å². The standard InChI is InChI=1S/C22H21N5O/c28-21-22(24-19-9-5-4-8-18(19)23-21)12-14-27(15-13-22)20-11-10-17(25-26-20)16-6-2-1-3-7-16/h1-11,24H,12-15H2,(H,23,28). The molecule has 2 N–H and O–H groups in total. The Morgan fingerprint density at radius 1 is 0.821 bits per heavy atom. The Kier molecular flexibility index (Phi) is 3.97. The van der Waals surface area contributed by atoms with Crippen LogP contribution in [0.1, 0.15) is 12.8 Å². The minimum atomic E-state index is -0.553. The second-order valence-corrected chi connectivity index (χ2v) is 7.34. The maximum absolute atomic E-state index is 12.8. The molecule has 2 aliphatic rings. The lowest BCUT2D eigenvalue weighted by molar-refractivity contribution is -0.121. The molecule has 0 saturated carbocycles. The first-order valence-electron chi connectivity index (χ1n) is 9.56. The Bertz CT molecular complexity index is 995. The molecule has 3 aromatic rings. The van der Waals surface area contributed by atoms with Crippen LogP contribution in [0.5, 0.6) is 0 Å². The Balaban J connectivity index is 1.30. The van der Waals surface area contributed by atoms with E-state index < -0.39 is 5.54 Å². The first kappa shape index (κ1) is 16.7. The number of hydrogen-bond acceptors (Lipinski definition) is 5. The monoisotopic (exact) mass is 371 g/mol. The SMILES string of the molecule is O=C1Nc2ccccc2NC12CCN(c1ccc(-c3ccccc3)nn1)CC2. The number of fused-ring (bicyclic) bond motifs is 1. The Morgan fingerprint density at radius 2 is 1.54 bits per heavy atom. The number of rotatable bonds is 2. The van der Waals surface area contributed by atoms with E-state index in [1.165, 1.54) is 0 Å². The van der Waals surface area contributed by atoms with E-state index in [0.29, 0.717) is 0 Å². The van der Waals surface area contributed by atoms with Crippen LogP contribution >= 0.6 is 0 Å². The summed E-state index contributed by atoms with van der Waals surface area (Å²) < 4.78 is 0. The molecule has 1 spiro atoms. The first-order chi connectivity index (χ1) is 13.7. The maximum atomic E-state index is 12.8. The molecule has 0 radical (unpaired) electrons. The molecule has 6 nitrogen and oxygen atoms in total. The molecule has 1 fully saturated rings. The van der Waals surface area contributed by atoms with Gasteiger partial charge >= 0.3 is 0 Å². The van der Waals surface area contributed by atoms with Gasteiger partial charge in [0, 0.05) is 18.7 Å². The van der Waals surface area contributed by atoms with Gasteiger partial charge in [-0.1, -0.05) is 42.5 Å². The smallest absolute Gasteiger partial charge is 0.250 e. The molecule has 2 aromatic carbocycles. The molecule has 0 unspecified atom stereocenters. The van der Waals surface area contributed by atoms with Crippen molar-refractivity contribution < 1.29 is 4.79 Å². The van der Waals surface area contributed by atoms with Gasteiger partial charge in [0.1, 0.15) is 5.54 Å². The molecular formula is C22H21N5O. The number of piperidine rings is 1.